The molecule has 0 fully saturated rings. The van der Waals surface area contributed by atoms with Crippen LogP contribution in [0.3, 0.4) is 0 Å². The summed E-state index contributed by atoms with van der Waals surface area (Å²) in [5.74, 6) is -0.620. The zero-order valence-electron chi connectivity index (χ0n) is 10.9. The van der Waals surface area contributed by atoms with Crippen molar-refractivity contribution < 1.29 is 14.8 Å². The largest absolute Gasteiger partial charge is 0.394 e. The van der Waals surface area contributed by atoms with Crippen LogP contribution in [0.25, 0.3) is 0 Å². The summed E-state index contributed by atoms with van der Waals surface area (Å²) in [7, 11) is 0. The van der Waals surface area contributed by atoms with E-state index in [1.165, 1.54) is 0 Å². The van der Waals surface area contributed by atoms with Gasteiger partial charge in [0.1, 0.15) is 0 Å². The van der Waals surface area contributed by atoms with Crippen LogP contribution >= 0.6 is 23.2 Å². The van der Waals surface area contributed by atoms with Crippen molar-refractivity contribution in [2.24, 2.45) is 5.92 Å². The third-order valence-electron chi connectivity index (χ3n) is 2.79. The van der Waals surface area contributed by atoms with Gasteiger partial charge in [0.25, 0.3) is 11.6 Å². The van der Waals surface area contributed by atoms with Gasteiger partial charge in [-0.2, -0.15) is 0 Å². The van der Waals surface area contributed by atoms with E-state index in [1.54, 1.807) is 0 Å². The Morgan fingerprint density at radius 3 is 2.50 bits per heavy atom. The zero-order valence-corrected chi connectivity index (χ0v) is 12.4. The number of hydrogen-bond acceptors (Lipinski definition) is 4. The average Bonchev–Trinajstić information content (AvgIpc) is 2.37. The monoisotopic (exact) mass is 320 g/mol. The van der Waals surface area contributed by atoms with Crippen molar-refractivity contribution in [3.63, 3.8) is 0 Å². The highest BCUT2D eigenvalue weighted by Crippen LogP contribution is 2.30. The van der Waals surface area contributed by atoms with E-state index in [0.717, 1.165) is 12.1 Å². The third kappa shape index (κ3) is 3.82. The Morgan fingerprint density at radius 2 is 2.05 bits per heavy atom. The number of rotatable bonds is 5. The van der Waals surface area contributed by atoms with Crippen molar-refractivity contribution in [2.75, 3.05) is 6.61 Å². The van der Waals surface area contributed by atoms with Gasteiger partial charge in [-0.15, -0.1) is 0 Å². The molecule has 0 unspecified atom stereocenters. The van der Waals surface area contributed by atoms with Crippen LogP contribution in [0.5, 0.6) is 0 Å². The van der Waals surface area contributed by atoms with Gasteiger partial charge in [-0.3, -0.25) is 14.9 Å². The first-order valence-corrected chi connectivity index (χ1v) is 6.58. The number of carbonyl (C=O) groups is 1. The van der Waals surface area contributed by atoms with Crippen molar-refractivity contribution in [2.45, 2.75) is 19.9 Å². The molecule has 0 heterocycles. The number of nitro groups is 1. The Hall–Kier alpha value is -1.37. The number of benzene rings is 1. The number of nitrogens with one attached hydrogen (secondary N) is 1. The maximum atomic E-state index is 12.1. The van der Waals surface area contributed by atoms with Crippen molar-refractivity contribution in [1.29, 1.82) is 0 Å². The SMILES string of the molecule is CC(C)[C@@H](CO)NC(=O)c1cc([N+](=O)[O-])cc(Cl)c1Cl. The maximum absolute atomic E-state index is 12.1. The van der Waals surface area contributed by atoms with Crippen molar-refractivity contribution in [1.82, 2.24) is 5.32 Å². The number of hydrogen-bond donors (Lipinski definition) is 2. The first-order valence-electron chi connectivity index (χ1n) is 5.83. The predicted octanol–water partition coefficient (Wildman–Crippen LogP) is 2.65. The second kappa shape index (κ2) is 6.88. The lowest BCUT2D eigenvalue weighted by Crippen LogP contribution is -2.41. The second-order valence-electron chi connectivity index (χ2n) is 4.55. The lowest BCUT2D eigenvalue weighted by molar-refractivity contribution is -0.384. The summed E-state index contributed by atoms with van der Waals surface area (Å²) in [6, 6.07) is 1.65. The number of aliphatic hydroxyl groups is 1. The molecule has 1 amide bonds. The van der Waals surface area contributed by atoms with E-state index in [2.05, 4.69) is 5.32 Å². The smallest absolute Gasteiger partial charge is 0.271 e. The predicted molar refractivity (Wildman–Crippen MR) is 76.3 cm³/mol. The maximum Gasteiger partial charge on any atom is 0.271 e. The third-order valence-corrected chi connectivity index (χ3v) is 3.59. The molecule has 0 spiro atoms. The lowest BCUT2D eigenvalue weighted by Gasteiger charge is -2.20. The molecule has 1 rings (SSSR count). The minimum atomic E-state index is -0.662. The van der Waals surface area contributed by atoms with Crippen LogP contribution in [0.2, 0.25) is 10.0 Å². The fourth-order valence-corrected chi connectivity index (χ4v) is 1.92. The highest BCUT2D eigenvalue weighted by molar-refractivity contribution is 6.44. The Bertz CT molecular complexity index is 534. The molecular weight excluding hydrogens is 307 g/mol. The van der Waals surface area contributed by atoms with E-state index in [1.807, 2.05) is 13.8 Å². The van der Waals surface area contributed by atoms with Crippen LogP contribution in [0.15, 0.2) is 12.1 Å². The highest BCUT2D eigenvalue weighted by Gasteiger charge is 2.22. The van der Waals surface area contributed by atoms with Crippen LogP contribution in [0.4, 0.5) is 5.69 Å². The standard InChI is InChI=1S/C12H14Cl2N2O4/c1-6(2)10(5-17)15-12(18)8-3-7(16(19)20)4-9(13)11(8)14/h3-4,6,10,17H,5H2,1-2H3,(H,15,18)/t10-/m1/s1. The summed E-state index contributed by atoms with van der Waals surface area (Å²) in [4.78, 5) is 22.2. The molecule has 8 heteroatoms. The van der Waals surface area contributed by atoms with E-state index in [4.69, 9.17) is 23.2 Å². The molecule has 1 aromatic carbocycles. The highest BCUT2D eigenvalue weighted by atomic mass is 35.5. The molecule has 0 aliphatic carbocycles. The number of nitrogens with zero attached hydrogens (tertiary/aromatic N) is 1. The summed E-state index contributed by atoms with van der Waals surface area (Å²) in [5, 5.41) is 22.4. The topological polar surface area (TPSA) is 92.5 Å². The molecule has 0 bridgehead atoms. The van der Waals surface area contributed by atoms with E-state index >= 15 is 0 Å². The van der Waals surface area contributed by atoms with Gasteiger partial charge in [0.05, 0.1) is 33.2 Å². The van der Waals surface area contributed by atoms with Gasteiger partial charge in [-0.05, 0) is 5.92 Å². The number of nitro benzene ring substituents is 1. The zero-order chi connectivity index (χ0) is 15.4. The minimum Gasteiger partial charge on any atom is -0.394 e. The second-order valence-corrected chi connectivity index (χ2v) is 5.34. The summed E-state index contributed by atoms with van der Waals surface area (Å²) in [6.45, 7) is 3.40. The summed E-state index contributed by atoms with van der Waals surface area (Å²) < 4.78 is 0. The van der Waals surface area contributed by atoms with E-state index in [9.17, 15) is 20.0 Å². The summed E-state index contributed by atoms with van der Waals surface area (Å²) >= 11 is 11.7. The lowest BCUT2D eigenvalue weighted by atomic mass is 10.0. The molecule has 110 valence electrons. The van der Waals surface area contributed by atoms with Crippen molar-refractivity contribution in [3.05, 3.63) is 37.9 Å². The van der Waals surface area contributed by atoms with Crippen LogP contribution in [-0.4, -0.2) is 28.6 Å². The van der Waals surface area contributed by atoms with Gasteiger partial charge in [-0.1, -0.05) is 37.0 Å². The quantitative estimate of drug-likeness (QED) is 0.644. The molecule has 6 nitrogen and oxygen atoms in total. The van der Waals surface area contributed by atoms with Crippen LogP contribution in [-0.2, 0) is 0 Å². The molecule has 0 aliphatic rings. The van der Waals surface area contributed by atoms with Crippen molar-refractivity contribution >= 4 is 34.8 Å². The summed E-state index contributed by atoms with van der Waals surface area (Å²) in [6.07, 6.45) is 0. The fourth-order valence-electron chi connectivity index (χ4n) is 1.51. The number of carbonyl (C=O) groups excluding carboxylic acids is 1. The minimum absolute atomic E-state index is 0.00287. The molecule has 0 saturated carbocycles. The van der Waals surface area contributed by atoms with Gasteiger partial charge in [0.15, 0.2) is 0 Å². The van der Waals surface area contributed by atoms with E-state index in [0.29, 0.717) is 0 Å². The normalized spacial score (nSPS) is 12.3. The molecular formula is C12H14Cl2N2O4. The Labute approximate surface area is 125 Å². The molecule has 0 aromatic heterocycles. The van der Waals surface area contributed by atoms with Crippen LogP contribution < -0.4 is 5.32 Å². The number of aliphatic hydroxyl groups excluding tert-OH is 1. The Kier molecular flexibility index (Phi) is 5.74. The molecule has 20 heavy (non-hydrogen) atoms. The van der Waals surface area contributed by atoms with Gasteiger partial charge >= 0.3 is 0 Å². The van der Waals surface area contributed by atoms with Crippen LogP contribution in [0, 0.1) is 16.0 Å². The van der Waals surface area contributed by atoms with E-state index < -0.39 is 16.9 Å². The first-order chi connectivity index (χ1) is 9.27. The molecule has 2 N–H and O–H groups in total. The fraction of sp³-hybridized carbons (Fsp3) is 0.417. The molecule has 0 saturated heterocycles. The summed E-state index contributed by atoms with van der Waals surface area (Å²) in [5.41, 5.74) is -0.417. The number of non-ortho nitro benzene ring substituents is 1. The first kappa shape index (κ1) is 16.7. The van der Waals surface area contributed by atoms with Crippen LogP contribution in [0.1, 0.15) is 24.2 Å². The Morgan fingerprint density at radius 1 is 1.45 bits per heavy atom. The molecule has 1 aromatic rings. The molecule has 0 radical (unpaired) electrons. The van der Waals surface area contributed by atoms with Gasteiger partial charge < -0.3 is 10.4 Å². The molecule has 1 atom stereocenters. The van der Waals surface area contributed by atoms with Gasteiger partial charge in [0, 0.05) is 12.1 Å². The number of amides is 1. The number of halogens is 2. The van der Waals surface area contributed by atoms with Gasteiger partial charge in [0.2, 0.25) is 0 Å². The molecule has 0 aliphatic heterocycles. The van der Waals surface area contributed by atoms with E-state index in [-0.39, 0.29) is 33.8 Å². The van der Waals surface area contributed by atoms with Crippen molar-refractivity contribution in [3.8, 4) is 0 Å². The average molecular weight is 321 g/mol. The van der Waals surface area contributed by atoms with Gasteiger partial charge in [-0.25, -0.2) is 0 Å². The Balaban J connectivity index is 3.12.